The van der Waals surface area contributed by atoms with Crippen molar-refractivity contribution in [1.29, 1.82) is 0 Å². The smallest absolute Gasteiger partial charge is 0.308 e. The van der Waals surface area contributed by atoms with Crippen molar-refractivity contribution in [3.63, 3.8) is 0 Å². The Hall–Kier alpha value is -1.06. The average Bonchev–Trinajstić information content (AvgIpc) is 2.42. The first-order valence-electron chi connectivity index (χ1n) is 7.29. The van der Waals surface area contributed by atoms with Gasteiger partial charge in [0, 0.05) is 0 Å². The minimum absolute atomic E-state index is 0.0278. The second-order valence-corrected chi connectivity index (χ2v) is 5.78. The number of esters is 2. The zero-order chi connectivity index (χ0) is 14.3. The van der Waals surface area contributed by atoms with Crippen molar-refractivity contribution in [2.75, 3.05) is 13.7 Å². The molecule has 1 aliphatic rings. The lowest BCUT2D eigenvalue weighted by Gasteiger charge is -2.25. The zero-order valence-electron chi connectivity index (χ0n) is 12.3. The van der Waals surface area contributed by atoms with Crippen LogP contribution in [-0.2, 0) is 19.1 Å². The summed E-state index contributed by atoms with van der Waals surface area (Å²) in [5, 5.41) is 0. The molecule has 0 unspecified atom stereocenters. The Morgan fingerprint density at radius 3 is 2.05 bits per heavy atom. The molecule has 0 radical (unpaired) electrons. The van der Waals surface area contributed by atoms with E-state index in [-0.39, 0.29) is 23.8 Å². The molecule has 1 aliphatic carbocycles. The maximum atomic E-state index is 11.9. The van der Waals surface area contributed by atoms with Gasteiger partial charge in [-0.25, -0.2) is 0 Å². The molecule has 4 heteroatoms. The van der Waals surface area contributed by atoms with E-state index in [0.717, 1.165) is 38.5 Å². The summed E-state index contributed by atoms with van der Waals surface area (Å²) in [4.78, 5) is 23.2. The molecule has 110 valence electrons. The number of carbonyl (C=O) groups is 2. The largest absolute Gasteiger partial charge is 0.469 e. The maximum Gasteiger partial charge on any atom is 0.308 e. The van der Waals surface area contributed by atoms with Crippen molar-refractivity contribution in [3.8, 4) is 0 Å². The Labute approximate surface area is 115 Å². The Morgan fingerprint density at radius 1 is 1.05 bits per heavy atom. The number of hydrogen-bond acceptors (Lipinski definition) is 4. The van der Waals surface area contributed by atoms with Crippen LogP contribution >= 0.6 is 0 Å². The SMILES string of the molecule is COC(=O)C1CCC(C(=O)OCCCC(C)C)CC1. The van der Waals surface area contributed by atoms with Crippen LogP contribution in [0.5, 0.6) is 0 Å². The molecule has 0 bridgehead atoms. The summed E-state index contributed by atoms with van der Waals surface area (Å²) in [7, 11) is 1.41. The first-order valence-corrected chi connectivity index (χ1v) is 7.29. The molecule has 0 heterocycles. The third-order valence-corrected chi connectivity index (χ3v) is 3.77. The fourth-order valence-electron chi connectivity index (χ4n) is 2.51. The number of methoxy groups -OCH3 is 1. The Balaban J connectivity index is 2.20. The number of carbonyl (C=O) groups excluding carboxylic acids is 2. The highest BCUT2D eigenvalue weighted by Gasteiger charge is 2.31. The molecule has 0 atom stereocenters. The highest BCUT2D eigenvalue weighted by molar-refractivity contribution is 5.75. The quantitative estimate of drug-likeness (QED) is 0.550. The molecule has 0 aromatic carbocycles. The summed E-state index contributed by atoms with van der Waals surface area (Å²) in [5.74, 6) is 0.347. The number of hydrogen-bond donors (Lipinski definition) is 0. The van der Waals surface area contributed by atoms with Gasteiger partial charge in [-0.2, -0.15) is 0 Å². The lowest BCUT2D eigenvalue weighted by atomic mass is 9.82. The third-order valence-electron chi connectivity index (χ3n) is 3.77. The summed E-state index contributed by atoms with van der Waals surface area (Å²) in [6.07, 6.45) is 4.96. The summed E-state index contributed by atoms with van der Waals surface area (Å²) >= 11 is 0. The van der Waals surface area contributed by atoms with E-state index in [2.05, 4.69) is 13.8 Å². The van der Waals surface area contributed by atoms with Crippen molar-refractivity contribution in [1.82, 2.24) is 0 Å². The molecule has 19 heavy (non-hydrogen) atoms. The number of rotatable bonds is 6. The van der Waals surface area contributed by atoms with Crippen LogP contribution in [0.3, 0.4) is 0 Å². The number of ether oxygens (including phenoxy) is 2. The molecular formula is C15H26O4. The summed E-state index contributed by atoms with van der Waals surface area (Å²) < 4.78 is 10.0. The van der Waals surface area contributed by atoms with Crippen molar-refractivity contribution >= 4 is 11.9 Å². The molecule has 0 aromatic rings. The van der Waals surface area contributed by atoms with Gasteiger partial charge in [-0.1, -0.05) is 13.8 Å². The van der Waals surface area contributed by atoms with Crippen molar-refractivity contribution in [2.24, 2.45) is 17.8 Å². The molecule has 1 fully saturated rings. The van der Waals surface area contributed by atoms with Gasteiger partial charge >= 0.3 is 11.9 Å². The minimum atomic E-state index is -0.149. The van der Waals surface area contributed by atoms with Gasteiger partial charge in [0.2, 0.25) is 0 Å². The highest BCUT2D eigenvalue weighted by atomic mass is 16.5. The van der Waals surface area contributed by atoms with Crippen LogP contribution in [0.4, 0.5) is 0 Å². The molecule has 0 saturated heterocycles. The van der Waals surface area contributed by atoms with Crippen molar-refractivity contribution in [2.45, 2.75) is 52.4 Å². The van der Waals surface area contributed by atoms with Crippen LogP contribution in [-0.4, -0.2) is 25.7 Å². The highest BCUT2D eigenvalue weighted by Crippen LogP contribution is 2.30. The molecule has 0 spiro atoms. The minimum Gasteiger partial charge on any atom is -0.469 e. The maximum absolute atomic E-state index is 11.9. The van der Waals surface area contributed by atoms with Gasteiger partial charge in [-0.3, -0.25) is 9.59 Å². The lowest BCUT2D eigenvalue weighted by Crippen LogP contribution is -2.28. The third kappa shape index (κ3) is 5.62. The van der Waals surface area contributed by atoms with Gasteiger partial charge in [-0.05, 0) is 44.4 Å². The van der Waals surface area contributed by atoms with E-state index in [9.17, 15) is 9.59 Å². The van der Waals surface area contributed by atoms with Crippen LogP contribution in [0.15, 0.2) is 0 Å². The summed E-state index contributed by atoms with van der Waals surface area (Å²) in [6, 6.07) is 0. The monoisotopic (exact) mass is 270 g/mol. The molecule has 1 saturated carbocycles. The van der Waals surface area contributed by atoms with Gasteiger partial charge in [0.25, 0.3) is 0 Å². The molecule has 1 rings (SSSR count). The van der Waals surface area contributed by atoms with Gasteiger partial charge in [0.15, 0.2) is 0 Å². The zero-order valence-corrected chi connectivity index (χ0v) is 12.3. The molecule has 0 N–H and O–H groups in total. The molecule has 0 aromatic heterocycles. The van der Waals surface area contributed by atoms with Gasteiger partial charge < -0.3 is 9.47 Å². The normalized spacial score (nSPS) is 23.2. The van der Waals surface area contributed by atoms with E-state index in [4.69, 9.17) is 9.47 Å². The first kappa shape index (κ1) is 16.0. The second kappa shape index (κ2) is 8.18. The van der Waals surface area contributed by atoms with Crippen molar-refractivity contribution in [3.05, 3.63) is 0 Å². The van der Waals surface area contributed by atoms with Crippen LogP contribution in [0.1, 0.15) is 52.4 Å². The molecule has 4 nitrogen and oxygen atoms in total. The lowest BCUT2D eigenvalue weighted by molar-refractivity contribution is -0.153. The van der Waals surface area contributed by atoms with Crippen LogP contribution in [0.25, 0.3) is 0 Å². The van der Waals surface area contributed by atoms with E-state index < -0.39 is 0 Å². The predicted molar refractivity (Wildman–Crippen MR) is 72.5 cm³/mol. The summed E-state index contributed by atoms with van der Waals surface area (Å²) in [5.41, 5.74) is 0. The Kier molecular flexibility index (Phi) is 6.89. The summed E-state index contributed by atoms with van der Waals surface area (Å²) in [6.45, 7) is 4.85. The predicted octanol–water partition coefficient (Wildman–Crippen LogP) is 2.95. The van der Waals surface area contributed by atoms with E-state index in [0.29, 0.717) is 12.5 Å². The van der Waals surface area contributed by atoms with Gasteiger partial charge in [0.1, 0.15) is 0 Å². The molecule has 0 amide bonds. The Morgan fingerprint density at radius 2 is 1.58 bits per heavy atom. The fourth-order valence-corrected chi connectivity index (χ4v) is 2.51. The fraction of sp³-hybridized carbons (Fsp3) is 0.867. The molecular weight excluding hydrogens is 244 g/mol. The topological polar surface area (TPSA) is 52.6 Å². The van der Waals surface area contributed by atoms with E-state index in [1.165, 1.54) is 7.11 Å². The van der Waals surface area contributed by atoms with E-state index >= 15 is 0 Å². The van der Waals surface area contributed by atoms with Crippen LogP contribution in [0.2, 0.25) is 0 Å². The average molecular weight is 270 g/mol. The first-order chi connectivity index (χ1) is 9.04. The van der Waals surface area contributed by atoms with E-state index in [1.807, 2.05) is 0 Å². The standard InChI is InChI=1S/C15H26O4/c1-11(2)5-4-10-19-15(17)13-8-6-12(7-9-13)14(16)18-3/h11-13H,4-10H2,1-3H3. The van der Waals surface area contributed by atoms with Gasteiger partial charge in [-0.15, -0.1) is 0 Å². The van der Waals surface area contributed by atoms with Gasteiger partial charge in [0.05, 0.1) is 25.6 Å². The Bertz CT molecular complexity index is 291. The molecule has 0 aliphatic heterocycles. The van der Waals surface area contributed by atoms with Crippen molar-refractivity contribution < 1.29 is 19.1 Å². The second-order valence-electron chi connectivity index (χ2n) is 5.78. The van der Waals surface area contributed by atoms with Crippen LogP contribution in [0, 0.1) is 17.8 Å². The van der Waals surface area contributed by atoms with E-state index in [1.54, 1.807) is 0 Å². The van der Waals surface area contributed by atoms with Crippen LogP contribution < -0.4 is 0 Å².